The number of aliphatic imine (C=N–C) groups is 1. The number of ether oxygens (including phenoxy) is 1. The number of carbonyl (C=O) groups excluding carboxylic acids is 1. The van der Waals surface area contributed by atoms with E-state index in [1.165, 1.54) is 0 Å². The molecule has 30 heavy (non-hydrogen) atoms. The van der Waals surface area contributed by atoms with Crippen LogP contribution in [0.5, 0.6) is 5.75 Å². The number of hydrogen-bond acceptors (Lipinski definition) is 5. The first-order valence-corrected chi connectivity index (χ1v) is 10.9. The largest absolute Gasteiger partial charge is 0.482 e. The average Bonchev–Trinajstić information content (AvgIpc) is 3.20. The maximum atomic E-state index is 12.2. The molecule has 0 radical (unpaired) electrons. The zero-order valence-corrected chi connectivity index (χ0v) is 20.8. The number of hydrogen-bond donors (Lipinski definition) is 2. The molecule has 1 aliphatic rings. The molecular weight excluding hydrogens is 513 g/mol. The van der Waals surface area contributed by atoms with Gasteiger partial charge in [0.2, 0.25) is 0 Å². The number of guanidine groups is 1. The van der Waals surface area contributed by atoms with Gasteiger partial charge in [0.25, 0.3) is 5.91 Å². The molecule has 2 heterocycles. The van der Waals surface area contributed by atoms with Gasteiger partial charge in [-0.25, -0.2) is 9.98 Å². The summed E-state index contributed by atoms with van der Waals surface area (Å²) in [5, 5.41) is 9.73. The Labute approximate surface area is 199 Å². The minimum atomic E-state index is -0.00556. The fourth-order valence-electron chi connectivity index (χ4n) is 2.99. The molecule has 0 saturated heterocycles. The normalized spacial score (nSPS) is 13.5. The van der Waals surface area contributed by atoms with Crippen LogP contribution in [0.1, 0.15) is 43.8 Å². The maximum absolute atomic E-state index is 12.2. The zero-order chi connectivity index (χ0) is 20.6. The van der Waals surface area contributed by atoms with Crippen LogP contribution in [-0.4, -0.2) is 43.1 Å². The highest BCUT2D eigenvalue weighted by molar-refractivity contribution is 14.0. The topological polar surface area (TPSA) is 78.9 Å². The van der Waals surface area contributed by atoms with Crippen molar-refractivity contribution in [2.75, 3.05) is 31.1 Å². The van der Waals surface area contributed by atoms with Crippen molar-refractivity contribution in [3.63, 3.8) is 0 Å². The Morgan fingerprint density at radius 2 is 2.13 bits per heavy atom. The molecule has 0 unspecified atom stereocenters. The van der Waals surface area contributed by atoms with Crippen LogP contribution in [0.25, 0.3) is 0 Å². The summed E-state index contributed by atoms with van der Waals surface area (Å²) in [6.45, 7) is 9.13. The number of fused-ring (bicyclic) bond motifs is 1. The monoisotopic (exact) mass is 543 g/mol. The first-order valence-electron chi connectivity index (χ1n) is 10.1. The van der Waals surface area contributed by atoms with Gasteiger partial charge in [0.15, 0.2) is 12.6 Å². The van der Waals surface area contributed by atoms with E-state index in [1.807, 2.05) is 31.2 Å². The van der Waals surface area contributed by atoms with Crippen LogP contribution in [0.3, 0.4) is 0 Å². The summed E-state index contributed by atoms with van der Waals surface area (Å²) in [5.74, 6) is 1.96. The van der Waals surface area contributed by atoms with E-state index in [1.54, 1.807) is 16.2 Å². The molecule has 164 valence electrons. The van der Waals surface area contributed by atoms with Crippen molar-refractivity contribution in [2.45, 2.75) is 39.7 Å². The number of benzene rings is 1. The molecule has 2 aromatic rings. The second-order valence-corrected chi connectivity index (χ2v) is 8.04. The Kier molecular flexibility index (Phi) is 9.83. The number of thiazole rings is 1. The Balaban J connectivity index is 0.00000320. The maximum Gasteiger partial charge on any atom is 0.265 e. The number of amides is 1. The molecule has 9 heteroatoms. The van der Waals surface area contributed by atoms with Gasteiger partial charge in [-0.2, -0.15) is 0 Å². The third-order valence-corrected chi connectivity index (χ3v) is 5.39. The van der Waals surface area contributed by atoms with Gasteiger partial charge in [0.05, 0.1) is 17.9 Å². The first kappa shape index (κ1) is 24.4. The number of rotatable bonds is 8. The summed E-state index contributed by atoms with van der Waals surface area (Å²) in [7, 11) is 0. The molecule has 0 bridgehead atoms. The van der Waals surface area contributed by atoms with Crippen molar-refractivity contribution in [1.82, 2.24) is 15.6 Å². The third kappa shape index (κ3) is 6.56. The lowest BCUT2D eigenvalue weighted by atomic mass is 10.2. The Morgan fingerprint density at radius 3 is 2.87 bits per heavy atom. The average molecular weight is 543 g/mol. The molecule has 1 amide bonds. The van der Waals surface area contributed by atoms with E-state index in [2.05, 4.69) is 39.8 Å². The molecule has 3 rings (SSSR count). The summed E-state index contributed by atoms with van der Waals surface area (Å²) in [6, 6.07) is 7.66. The van der Waals surface area contributed by atoms with Crippen molar-refractivity contribution in [3.8, 4) is 5.75 Å². The van der Waals surface area contributed by atoms with Gasteiger partial charge in [-0.3, -0.25) is 4.79 Å². The fraction of sp³-hybridized carbons (Fsp3) is 0.476. The first-order chi connectivity index (χ1) is 14.1. The van der Waals surface area contributed by atoms with Crippen molar-refractivity contribution in [1.29, 1.82) is 0 Å². The van der Waals surface area contributed by atoms with Crippen molar-refractivity contribution < 1.29 is 9.53 Å². The van der Waals surface area contributed by atoms with Crippen molar-refractivity contribution in [3.05, 3.63) is 40.3 Å². The van der Waals surface area contributed by atoms with E-state index >= 15 is 0 Å². The van der Waals surface area contributed by atoms with E-state index in [-0.39, 0.29) is 36.5 Å². The van der Waals surface area contributed by atoms with Gasteiger partial charge in [-0.15, -0.1) is 35.3 Å². The van der Waals surface area contributed by atoms with Crippen LogP contribution >= 0.6 is 35.3 Å². The van der Waals surface area contributed by atoms with Crippen LogP contribution < -0.4 is 20.3 Å². The molecule has 1 aromatic carbocycles. The Morgan fingerprint density at radius 1 is 1.33 bits per heavy atom. The van der Waals surface area contributed by atoms with E-state index < -0.39 is 0 Å². The van der Waals surface area contributed by atoms with Crippen molar-refractivity contribution in [2.24, 2.45) is 4.99 Å². The molecule has 0 fully saturated rings. The van der Waals surface area contributed by atoms with E-state index in [9.17, 15) is 4.79 Å². The Hall–Kier alpha value is -1.88. The number of halogens is 1. The van der Waals surface area contributed by atoms with Crippen LogP contribution in [-0.2, 0) is 11.3 Å². The summed E-state index contributed by atoms with van der Waals surface area (Å²) >= 11 is 1.65. The van der Waals surface area contributed by atoms with Gasteiger partial charge in [-0.1, -0.05) is 26.0 Å². The van der Waals surface area contributed by atoms with Crippen molar-refractivity contribution >= 4 is 52.9 Å². The smallest absolute Gasteiger partial charge is 0.265 e. The molecule has 0 saturated carbocycles. The van der Waals surface area contributed by atoms with E-state index in [0.29, 0.717) is 25.6 Å². The van der Waals surface area contributed by atoms with E-state index in [4.69, 9.17) is 4.74 Å². The molecule has 0 aliphatic carbocycles. The predicted molar refractivity (Wildman–Crippen MR) is 133 cm³/mol. The molecule has 1 aromatic heterocycles. The van der Waals surface area contributed by atoms with Crippen LogP contribution in [0, 0.1) is 0 Å². The SMILES string of the molecule is CCNC(=NCc1nc(C(C)C)cs1)NCCCN1C(=O)COc2ccccc21.I. The lowest BCUT2D eigenvalue weighted by Crippen LogP contribution is -2.42. The van der Waals surface area contributed by atoms with Crippen LogP contribution in [0.15, 0.2) is 34.6 Å². The minimum Gasteiger partial charge on any atom is -0.482 e. The second kappa shape index (κ2) is 12.1. The quantitative estimate of drug-likeness (QED) is 0.230. The lowest BCUT2D eigenvalue weighted by Gasteiger charge is -2.29. The Bertz CT molecular complexity index is 855. The highest BCUT2D eigenvalue weighted by atomic mass is 127. The predicted octanol–water partition coefficient (Wildman–Crippen LogP) is 3.76. The lowest BCUT2D eigenvalue weighted by molar-refractivity contribution is -0.121. The molecular formula is C21H30IN5O2S. The molecule has 2 N–H and O–H groups in total. The number of nitrogens with one attached hydrogen (secondary N) is 2. The molecule has 0 atom stereocenters. The highest BCUT2D eigenvalue weighted by Crippen LogP contribution is 2.31. The van der Waals surface area contributed by atoms with Gasteiger partial charge in [-0.05, 0) is 31.4 Å². The van der Waals surface area contributed by atoms with Gasteiger partial charge in [0, 0.05) is 25.0 Å². The summed E-state index contributed by atoms with van der Waals surface area (Å²) in [4.78, 5) is 23.3. The van der Waals surface area contributed by atoms with Gasteiger partial charge >= 0.3 is 0 Å². The number of nitrogens with zero attached hydrogens (tertiary/aromatic N) is 3. The molecule has 1 aliphatic heterocycles. The molecule has 0 spiro atoms. The number of anilines is 1. The number of aromatic nitrogens is 1. The van der Waals surface area contributed by atoms with Gasteiger partial charge in [0.1, 0.15) is 10.8 Å². The zero-order valence-electron chi connectivity index (χ0n) is 17.7. The second-order valence-electron chi connectivity index (χ2n) is 7.10. The molecule has 7 nitrogen and oxygen atoms in total. The third-order valence-electron chi connectivity index (χ3n) is 4.54. The van der Waals surface area contributed by atoms with E-state index in [0.717, 1.165) is 41.1 Å². The fourth-order valence-corrected chi connectivity index (χ4v) is 3.87. The standard InChI is InChI=1S/C21H29N5O2S.HI/c1-4-22-21(24-12-19-25-16(14-29-19)15(2)3)23-10-7-11-26-17-8-5-6-9-18(17)28-13-20(26)27;/h5-6,8-9,14-15H,4,7,10-13H2,1-3H3,(H2,22,23,24);1H. The summed E-state index contributed by atoms with van der Waals surface area (Å²) in [6.07, 6.45) is 0.805. The van der Waals surface area contributed by atoms with Gasteiger partial charge < -0.3 is 20.3 Å². The number of carbonyl (C=O) groups is 1. The summed E-state index contributed by atoms with van der Waals surface area (Å²) < 4.78 is 5.49. The van der Waals surface area contributed by atoms with Crippen LogP contribution in [0.4, 0.5) is 5.69 Å². The van der Waals surface area contributed by atoms with Crippen LogP contribution in [0.2, 0.25) is 0 Å². The summed E-state index contributed by atoms with van der Waals surface area (Å²) in [5.41, 5.74) is 1.96. The highest BCUT2D eigenvalue weighted by Gasteiger charge is 2.24. The minimum absolute atomic E-state index is 0. The number of para-hydroxylation sites is 2.